The molecule has 0 radical (unpaired) electrons. The number of rotatable bonds is 16. The van der Waals surface area contributed by atoms with Gasteiger partial charge in [0.15, 0.2) is 0 Å². The normalized spacial score (nSPS) is 13.7. The van der Waals surface area contributed by atoms with Crippen molar-refractivity contribution in [2.45, 2.75) is 81.3 Å². The average Bonchev–Trinajstić information content (AvgIpc) is 2.76. The molecule has 1 unspecified atom stereocenters. The first kappa shape index (κ1) is 37.8. The van der Waals surface area contributed by atoms with Crippen LogP contribution in [0.2, 0.25) is 0 Å². The number of alkyl halides is 3. The van der Waals surface area contributed by atoms with Crippen LogP contribution in [0, 0.1) is 10.8 Å². The largest absolute Gasteiger partial charge is 0.371 e. The van der Waals surface area contributed by atoms with Gasteiger partial charge in [0.25, 0.3) is 0 Å². The standard InChI is InChI=1S/C25H44Br3N5O6/c1-15(21(2,3)17(29)35)33-16(34)10-39-14-25(11-30-18(36)22(4,5)26,12-31-19(37)23(6,7)27)13-32-20(38)24(8,9)28/h15H,10-14H2,1-9H3,(H2,29,35)(H,30,36)(H,31,37)(H,32,38)(H,33,34). The van der Waals surface area contributed by atoms with E-state index in [0.29, 0.717) is 0 Å². The lowest BCUT2D eigenvalue weighted by atomic mass is 9.84. The van der Waals surface area contributed by atoms with Gasteiger partial charge >= 0.3 is 0 Å². The number of carbonyl (C=O) groups is 5. The highest BCUT2D eigenvalue weighted by Crippen LogP contribution is 2.23. The number of primary amides is 1. The Morgan fingerprint density at radius 1 is 0.718 bits per heavy atom. The summed E-state index contributed by atoms with van der Waals surface area (Å²) in [5.41, 5.74) is 3.42. The molecule has 39 heavy (non-hydrogen) atoms. The quantitative estimate of drug-likeness (QED) is 0.151. The van der Waals surface area contributed by atoms with E-state index in [-0.39, 0.29) is 50.6 Å². The number of amides is 5. The first-order valence-electron chi connectivity index (χ1n) is 12.4. The lowest BCUT2D eigenvalue weighted by molar-refractivity contribution is -0.133. The number of halogens is 3. The van der Waals surface area contributed by atoms with E-state index in [1.807, 2.05) is 0 Å². The number of ether oxygens (including phenoxy) is 1. The Morgan fingerprint density at radius 2 is 1.05 bits per heavy atom. The summed E-state index contributed by atoms with van der Waals surface area (Å²) in [6.07, 6.45) is 0. The third kappa shape index (κ3) is 13.3. The van der Waals surface area contributed by atoms with Crippen molar-refractivity contribution >= 4 is 77.3 Å². The van der Waals surface area contributed by atoms with Crippen LogP contribution in [0.5, 0.6) is 0 Å². The first-order chi connectivity index (χ1) is 17.3. The summed E-state index contributed by atoms with van der Waals surface area (Å²) in [7, 11) is 0. The van der Waals surface area contributed by atoms with Crippen LogP contribution in [0.1, 0.15) is 62.3 Å². The minimum atomic E-state index is -1.03. The molecule has 0 saturated heterocycles. The van der Waals surface area contributed by atoms with Crippen molar-refractivity contribution in [3.05, 3.63) is 0 Å². The number of hydrogen-bond acceptors (Lipinski definition) is 6. The average molecular weight is 750 g/mol. The van der Waals surface area contributed by atoms with E-state index in [2.05, 4.69) is 69.1 Å². The van der Waals surface area contributed by atoms with Crippen LogP contribution in [0.25, 0.3) is 0 Å². The first-order valence-corrected chi connectivity index (χ1v) is 14.8. The zero-order chi connectivity index (χ0) is 31.0. The predicted octanol–water partition coefficient (Wildman–Crippen LogP) is 1.87. The SMILES string of the molecule is CC(NC(=O)COCC(CNC(=O)C(C)(C)Br)(CNC(=O)C(C)(C)Br)CNC(=O)C(C)(C)Br)C(C)(C)C(N)=O. The van der Waals surface area contributed by atoms with E-state index in [9.17, 15) is 24.0 Å². The number of hydrogen-bond donors (Lipinski definition) is 5. The Balaban J connectivity index is 5.92. The molecule has 5 amide bonds. The van der Waals surface area contributed by atoms with Gasteiger partial charge in [-0.2, -0.15) is 0 Å². The Kier molecular flexibility index (Phi) is 14.1. The smallest absolute Gasteiger partial charge is 0.246 e. The lowest BCUT2D eigenvalue weighted by Crippen LogP contribution is -2.57. The Morgan fingerprint density at radius 3 is 1.33 bits per heavy atom. The summed E-state index contributed by atoms with van der Waals surface area (Å²) in [5.74, 6) is -1.98. The Bertz CT molecular complexity index is 833. The molecule has 0 aliphatic carbocycles. The van der Waals surface area contributed by atoms with Crippen molar-refractivity contribution in [3.8, 4) is 0 Å². The summed E-state index contributed by atoms with van der Waals surface area (Å²) in [4.78, 5) is 62.3. The molecule has 11 nitrogen and oxygen atoms in total. The fraction of sp³-hybridized carbons (Fsp3) is 0.800. The van der Waals surface area contributed by atoms with Crippen LogP contribution >= 0.6 is 47.8 Å². The van der Waals surface area contributed by atoms with Crippen molar-refractivity contribution in [2.75, 3.05) is 32.8 Å². The van der Waals surface area contributed by atoms with Gasteiger partial charge in [0.1, 0.15) is 6.61 Å². The number of nitrogens with two attached hydrogens (primary N) is 1. The predicted molar refractivity (Wildman–Crippen MR) is 162 cm³/mol. The monoisotopic (exact) mass is 747 g/mol. The van der Waals surface area contributed by atoms with Gasteiger partial charge in [-0.15, -0.1) is 0 Å². The molecule has 0 aliphatic heterocycles. The molecule has 0 saturated carbocycles. The third-order valence-corrected chi connectivity index (χ3v) is 7.31. The molecule has 0 rings (SSSR count). The van der Waals surface area contributed by atoms with Crippen LogP contribution < -0.4 is 27.0 Å². The molecule has 0 aliphatic rings. The highest BCUT2D eigenvalue weighted by molar-refractivity contribution is 9.10. The van der Waals surface area contributed by atoms with Gasteiger partial charge in [-0.3, -0.25) is 24.0 Å². The van der Waals surface area contributed by atoms with Crippen molar-refractivity contribution in [3.63, 3.8) is 0 Å². The van der Waals surface area contributed by atoms with Crippen molar-refractivity contribution in [1.29, 1.82) is 0 Å². The number of nitrogens with one attached hydrogen (secondary N) is 4. The van der Waals surface area contributed by atoms with Crippen LogP contribution in [0.4, 0.5) is 0 Å². The molecule has 0 aromatic heterocycles. The van der Waals surface area contributed by atoms with E-state index >= 15 is 0 Å². The van der Waals surface area contributed by atoms with Gasteiger partial charge in [0, 0.05) is 31.1 Å². The lowest BCUT2D eigenvalue weighted by Gasteiger charge is -2.36. The molecule has 14 heteroatoms. The fourth-order valence-corrected chi connectivity index (χ4v) is 3.23. The Hall–Kier alpha value is -1.25. The minimum Gasteiger partial charge on any atom is -0.371 e. The van der Waals surface area contributed by atoms with E-state index in [4.69, 9.17) is 10.5 Å². The second-order valence-electron chi connectivity index (χ2n) is 11.8. The maximum atomic E-state index is 12.7. The third-order valence-electron chi connectivity index (χ3n) is 6.23. The molecule has 0 aromatic carbocycles. The molecule has 0 spiro atoms. The van der Waals surface area contributed by atoms with Crippen LogP contribution in [0.15, 0.2) is 0 Å². The molecule has 0 heterocycles. The minimum absolute atomic E-state index is 0.0135. The van der Waals surface area contributed by atoms with Crippen LogP contribution in [-0.2, 0) is 28.7 Å². The highest BCUT2D eigenvalue weighted by Gasteiger charge is 2.38. The molecule has 0 bridgehead atoms. The Labute approximate surface area is 257 Å². The molecule has 6 N–H and O–H groups in total. The molecule has 1 atom stereocenters. The van der Waals surface area contributed by atoms with Gasteiger partial charge < -0.3 is 31.7 Å². The maximum absolute atomic E-state index is 12.7. The highest BCUT2D eigenvalue weighted by atomic mass is 79.9. The molecular weight excluding hydrogens is 706 g/mol. The van der Waals surface area contributed by atoms with Gasteiger partial charge in [-0.05, 0) is 62.3 Å². The topological polar surface area (TPSA) is 169 Å². The van der Waals surface area contributed by atoms with Gasteiger partial charge in [0.2, 0.25) is 29.5 Å². The molecular formula is C25H44Br3N5O6. The molecule has 0 fully saturated rings. The van der Waals surface area contributed by atoms with Gasteiger partial charge in [-0.1, -0.05) is 47.8 Å². The fourth-order valence-electron chi connectivity index (χ4n) is 2.81. The maximum Gasteiger partial charge on any atom is 0.246 e. The van der Waals surface area contributed by atoms with Crippen LogP contribution in [-0.4, -0.2) is 81.4 Å². The van der Waals surface area contributed by atoms with E-state index in [1.165, 1.54) is 0 Å². The second-order valence-corrected chi connectivity index (χ2v) is 17.8. The van der Waals surface area contributed by atoms with E-state index < -0.39 is 41.7 Å². The van der Waals surface area contributed by atoms with Crippen molar-refractivity contribution < 1.29 is 28.7 Å². The number of carbonyl (C=O) groups excluding carboxylic acids is 5. The zero-order valence-corrected chi connectivity index (χ0v) is 29.0. The van der Waals surface area contributed by atoms with E-state index in [0.717, 1.165) is 0 Å². The summed E-state index contributed by atoms with van der Waals surface area (Å²) in [5, 5.41) is 11.2. The zero-order valence-electron chi connectivity index (χ0n) is 24.3. The summed E-state index contributed by atoms with van der Waals surface area (Å²) in [6, 6.07) is -0.558. The van der Waals surface area contributed by atoms with Crippen molar-refractivity contribution in [1.82, 2.24) is 21.3 Å². The van der Waals surface area contributed by atoms with Gasteiger partial charge in [0.05, 0.1) is 25.0 Å². The van der Waals surface area contributed by atoms with E-state index in [1.54, 1.807) is 62.3 Å². The summed E-state index contributed by atoms with van der Waals surface area (Å²) >= 11 is 9.98. The molecule has 0 aromatic rings. The second kappa shape index (κ2) is 14.6. The molecule has 226 valence electrons. The summed E-state index contributed by atoms with van der Waals surface area (Å²) in [6.45, 7) is 14.6. The van der Waals surface area contributed by atoms with Crippen LogP contribution in [0.3, 0.4) is 0 Å². The van der Waals surface area contributed by atoms with Crippen molar-refractivity contribution in [2.24, 2.45) is 16.6 Å². The summed E-state index contributed by atoms with van der Waals surface area (Å²) < 4.78 is 3.16. The van der Waals surface area contributed by atoms with Gasteiger partial charge in [-0.25, -0.2) is 0 Å².